The minimum atomic E-state index is 0.172. The van der Waals surface area contributed by atoms with Crippen molar-refractivity contribution >= 4 is 0 Å². The van der Waals surface area contributed by atoms with Gasteiger partial charge in [0.1, 0.15) is 0 Å². The minimum absolute atomic E-state index is 0.172. The predicted molar refractivity (Wildman–Crippen MR) is 36.1 cm³/mol. The fourth-order valence-corrected chi connectivity index (χ4v) is 0.437. The number of aliphatic hydroxyl groups excluding tert-OH is 1. The molecule has 0 heterocycles. The van der Waals surface area contributed by atoms with Crippen LogP contribution in [0, 0.1) is 4.91 Å². The molecule has 0 fully saturated rings. The van der Waals surface area contributed by atoms with E-state index in [4.69, 9.17) is 5.11 Å². The van der Waals surface area contributed by atoms with Crippen molar-refractivity contribution in [2.45, 2.75) is 12.8 Å². The first kappa shape index (κ1) is 8.30. The molecule has 0 aliphatic heterocycles. The van der Waals surface area contributed by atoms with E-state index in [9.17, 15) is 4.91 Å². The van der Waals surface area contributed by atoms with Gasteiger partial charge in [0, 0.05) is 6.61 Å². The zero-order chi connectivity index (χ0) is 6.95. The first-order chi connectivity index (χ1) is 4.41. The molecule has 52 valence electrons. The van der Waals surface area contributed by atoms with E-state index in [-0.39, 0.29) is 6.61 Å². The van der Waals surface area contributed by atoms with Crippen LogP contribution in [0.5, 0.6) is 0 Å². The van der Waals surface area contributed by atoms with Gasteiger partial charge in [0.05, 0.1) is 6.54 Å². The van der Waals surface area contributed by atoms with Crippen LogP contribution in [0.1, 0.15) is 12.8 Å². The summed E-state index contributed by atoms with van der Waals surface area (Å²) in [6, 6.07) is 0. The van der Waals surface area contributed by atoms with Gasteiger partial charge in [0.2, 0.25) is 0 Å². The number of nitrogens with zero attached hydrogens (tertiary/aromatic N) is 1. The lowest BCUT2D eigenvalue weighted by molar-refractivity contribution is 0.302. The first-order valence-corrected chi connectivity index (χ1v) is 2.96. The molecular formula is C6H11NO2. The summed E-state index contributed by atoms with van der Waals surface area (Å²) in [6.07, 6.45) is 5.03. The van der Waals surface area contributed by atoms with Gasteiger partial charge in [-0.05, 0) is 12.8 Å². The van der Waals surface area contributed by atoms with Crippen molar-refractivity contribution in [3.05, 3.63) is 17.1 Å². The lowest BCUT2D eigenvalue weighted by Crippen LogP contribution is -1.77. The highest BCUT2D eigenvalue weighted by Crippen LogP contribution is 1.86. The van der Waals surface area contributed by atoms with E-state index in [0.29, 0.717) is 19.4 Å². The second-order valence-corrected chi connectivity index (χ2v) is 1.63. The second kappa shape index (κ2) is 7.30. The Morgan fingerprint density at radius 1 is 1.33 bits per heavy atom. The van der Waals surface area contributed by atoms with Crippen LogP contribution in [0.4, 0.5) is 0 Å². The largest absolute Gasteiger partial charge is 0.396 e. The number of aliphatic hydroxyl groups is 1. The lowest BCUT2D eigenvalue weighted by Gasteiger charge is -1.82. The molecule has 0 saturated heterocycles. The zero-order valence-corrected chi connectivity index (χ0v) is 5.29. The average Bonchev–Trinajstić information content (AvgIpc) is 1.89. The molecule has 0 rings (SSSR count). The van der Waals surface area contributed by atoms with E-state index >= 15 is 0 Å². The van der Waals surface area contributed by atoms with Crippen LogP contribution in [-0.4, -0.2) is 18.3 Å². The molecule has 0 bridgehead atoms. The quantitative estimate of drug-likeness (QED) is 0.343. The van der Waals surface area contributed by atoms with Crippen molar-refractivity contribution in [2.24, 2.45) is 5.18 Å². The fourth-order valence-electron chi connectivity index (χ4n) is 0.437. The Bertz CT molecular complexity index is 91.1. The topological polar surface area (TPSA) is 49.7 Å². The van der Waals surface area contributed by atoms with Crippen LogP contribution in [0.3, 0.4) is 0 Å². The summed E-state index contributed by atoms with van der Waals surface area (Å²) in [7, 11) is 0. The average molecular weight is 129 g/mol. The van der Waals surface area contributed by atoms with E-state index in [0.717, 1.165) is 0 Å². The maximum atomic E-state index is 9.50. The van der Waals surface area contributed by atoms with Crippen molar-refractivity contribution in [1.29, 1.82) is 0 Å². The zero-order valence-electron chi connectivity index (χ0n) is 5.29. The molecule has 0 saturated carbocycles. The molecule has 1 N–H and O–H groups in total. The molecule has 0 radical (unpaired) electrons. The minimum Gasteiger partial charge on any atom is -0.396 e. The third-order valence-corrected chi connectivity index (χ3v) is 0.849. The molecular weight excluding hydrogens is 118 g/mol. The Labute approximate surface area is 54.4 Å². The van der Waals surface area contributed by atoms with Crippen LogP contribution in [0.25, 0.3) is 0 Å². The van der Waals surface area contributed by atoms with Crippen molar-refractivity contribution < 1.29 is 5.11 Å². The molecule has 0 amide bonds. The van der Waals surface area contributed by atoms with Gasteiger partial charge < -0.3 is 5.11 Å². The maximum Gasteiger partial charge on any atom is 0.0845 e. The summed E-state index contributed by atoms with van der Waals surface area (Å²) >= 11 is 0. The van der Waals surface area contributed by atoms with E-state index in [1.165, 1.54) is 0 Å². The first-order valence-electron chi connectivity index (χ1n) is 2.96. The third-order valence-electron chi connectivity index (χ3n) is 0.849. The highest BCUT2D eigenvalue weighted by Gasteiger charge is 1.77. The lowest BCUT2D eigenvalue weighted by atomic mass is 10.3. The molecule has 0 aromatic heterocycles. The Morgan fingerprint density at radius 3 is 2.56 bits per heavy atom. The summed E-state index contributed by atoms with van der Waals surface area (Å²) in [5.41, 5.74) is 0. The molecule has 3 heteroatoms. The molecule has 0 atom stereocenters. The maximum absolute atomic E-state index is 9.50. The van der Waals surface area contributed by atoms with Gasteiger partial charge in [-0.15, -0.1) is 0 Å². The summed E-state index contributed by atoms with van der Waals surface area (Å²) in [6.45, 7) is 0.507. The number of nitroso groups, excluding NO2 is 1. The van der Waals surface area contributed by atoms with Crippen LogP contribution in [0.2, 0.25) is 0 Å². The van der Waals surface area contributed by atoms with Crippen LogP contribution >= 0.6 is 0 Å². The Balaban J connectivity index is 2.94. The van der Waals surface area contributed by atoms with Crippen molar-refractivity contribution in [3.63, 3.8) is 0 Å². The van der Waals surface area contributed by atoms with Gasteiger partial charge in [-0.2, -0.15) is 4.91 Å². The number of hydrogen-bond acceptors (Lipinski definition) is 3. The number of rotatable bonds is 5. The molecule has 9 heavy (non-hydrogen) atoms. The van der Waals surface area contributed by atoms with Crippen LogP contribution in [0.15, 0.2) is 17.3 Å². The Morgan fingerprint density at radius 2 is 2.00 bits per heavy atom. The van der Waals surface area contributed by atoms with E-state index in [2.05, 4.69) is 5.18 Å². The van der Waals surface area contributed by atoms with E-state index in [1.807, 2.05) is 12.2 Å². The Kier molecular flexibility index (Phi) is 6.73. The van der Waals surface area contributed by atoms with Crippen molar-refractivity contribution in [2.75, 3.05) is 13.2 Å². The van der Waals surface area contributed by atoms with Gasteiger partial charge in [0.25, 0.3) is 0 Å². The third kappa shape index (κ3) is 7.30. The molecule has 3 nitrogen and oxygen atoms in total. The molecule has 0 aliphatic rings. The van der Waals surface area contributed by atoms with Crippen LogP contribution < -0.4 is 0 Å². The molecule has 0 unspecified atom stereocenters. The van der Waals surface area contributed by atoms with Gasteiger partial charge >= 0.3 is 0 Å². The Hall–Kier alpha value is -0.700. The van der Waals surface area contributed by atoms with Crippen molar-refractivity contribution in [3.8, 4) is 0 Å². The molecule has 0 spiro atoms. The van der Waals surface area contributed by atoms with Gasteiger partial charge in [-0.25, -0.2) is 0 Å². The van der Waals surface area contributed by atoms with Crippen LogP contribution in [-0.2, 0) is 0 Å². The number of hydrogen-bond donors (Lipinski definition) is 1. The van der Waals surface area contributed by atoms with Crippen molar-refractivity contribution in [1.82, 2.24) is 0 Å². The molecule has 0 aliphatic carbocycles. The second-order valence-electron chi connectivity index (χ2n) is 1.63. The standard InChI is InChI=1S/C6H11NO2/c8-6-4-2-1-3-5-7-9/h1-2,8H,3-6H2/b2-1+. The van der Waals surface area contributed by atoms with Gasteiger partial charge in [-0.3, -0.25) is 0 Å². The normalized spacial score (nSPS) is 10.3. The highest BCUT2D eigenvalue weighted by molar-refractivity contribution is 4.81. The van der Waals surface area contributed by atoms with E-state index < -0.39 is 0 Å². The van der Waals surface area contributed by atoms with E-state index in [1.54, 1.807) is 0 Å². The molecule has 0 aromatic carbocycles. The van der Waals surface area contributed by atoms with Gasteiger partial charge in [-0.1, -0.05) is 17.3 Å². The summed E-state index contributed by atoms with van der Waals surface area (Å²) < 4.78 is 0. The summed E-state index contributed by atoms with van der Waals surface area (Å²) in [4.78, 5) is 9.50. The summed E-state index contributed by atoms with van der Waals surface area (Å²) in [5, 5.41) is 11.0. The predicted octanol–water partition coefficient (Wildman–Crippen LogP) is 1.08. The monoisotopic (exact) mass is 129 g/mol. The smallest absolute Gasteiger partial charge is 0.0845 e. The molecule has 0 aromatic rings. The fraction of sp³-hybridized carbons (Fsp3) is 0.667. The SMILES string of the molecule is O=NCC/C=C/CCO. The summed E-state index contributed by atoms with van der Waals surface area (Å²) in [5.74, 6) is 0. The highest BCUT2D eigenvalue weighted by atomic mass is 16.3. The van der Waals surface area contributed by atoms with Gasteiger partial charge in [0.15, 0.2) is 0 Å².